The van der Waals surface area contributed by atoms with E-state index in [-0.39, 0.29) is 11.9 Å². The molecule has 8 nitrogen and oxygen atoms in total. The first kappa shape index (κ1) is 12.0. The first-order chi connectivity index (χ1) is 6.88. The van der Waals surface area contributed by atoms with Gasteiger partial charge in [0.2, 0.25) is 0 Å². The highest BCUT2D eigenvalue weighted by Crippen LogP contribution is 2.19. The fraction of sp³-hybridized carbons (Fsp3) is 0.667. The van der Waals surface area contributed by atoms with Gasteiger partial charge in [0, 0.05) is 7.11 Å². The Morgan fingerprint density at radius 1 is 1.53 bits per heavy atom. The van der Waals surface area contributed by atoms with Gasteiger partial charge in [-0.2, -0.15) is 8.42 Å². The van der Waals surface area contributed by atoms with Gasteiger partial charge in [0.05, 0.1) is 6.42 Å². The zero-order valence-electron chi connectivity index (χ0n) is 7.74. The fourth-order valence-corrected chi connectivity index (χ4v) is 1.76. The fourth-order valence-electron chi connectivity index (χ4n) is 1.06. The molecule has 1 aliphatic heterocycles. The smallest absolute Gasteiger partial charge is 0.277 e. The third-order valence-corrected chi connectivity index (χ3v) is 2.81. The van der Waals surface area contributed by atoms with Crippen molar-refractivity contribution in [2.24, 2.45) is 0 Å². The van der Waals surface area contributed by atoms with E-state index in [1.807, 2.05) is 0 Å². The van der Waals surface area contributed by atoms with E-state index < -0.39 is 33.6 Å². The molecule has 0 radical (unpaired) electrons. The van der Waals surface area contributed by atoms with Crippen LogP contribution in [0.25, 0.3) is 0 Å². The second-order valence-electron chi connectivity index (χ2n) is 2.77. The molecule has 1 fully saturated rings. The molecule has 15 heavy (non-hydrogen) atoms. The van der Waals surface area contributed by atoms with E-state index in [0.717, 1.165) is 0 Å². The number of rotatable bonds is 4. The molecule has 1 saturated heterocycles. The molecule has 1 unspecified atom stereocenters. The first-order valence-electron chi connectivity index (χ1n) is 3.83. The summed E-state index contributed by atoms with van der Waals surface area (Å²) in [6, 6.07) is 0. The van der Waals surface area contributed by atoms with Crippen LogP contribution in [0.4, 0.5) is 0 Å². The Morgan fingerprint density at radius 3 is 2.53 bits per heavy atom. The summed E-state index contributed by atoms with van der Waals surface area (Å²) in [6.07, 6.45) is -0.624. The summed E-state index contributed by atoms with van der Waals surface area (Å²) < 4.78 is 34.4. The molecule has 0 aromatic rings. The van der Waals surface area contributed by atoms with Crippen LogP contribution in [-0.2, 0) is 29.3 Å². The molecule has 1 atom stereocenters. The zero-order chi connectivity index (χ0) is 11.6. The van der Waals surface area contributed by atoms with Crippen LogP contribution in [-0.4, -0.2) is 49.0 Å². The quantitative estimate of drug-likeness (QED) is 0.362. The van der Waals surface area contributed by atoms with Crippen LogP contribution in [0.1, 0.15) is 6.42 Å². The maximum atomic E-state index is 11.3. The predicted octanol–water partition coefficient (Wildman–Crippen LogP) is -1.46. The predicted molar refractivity (Wildman–Crippen MR) is 44.8 cm³/mol. The molecule has 2 amide bonds. The van der Waals surface area contributed by atoms with Gasteiger partial charge in [0.25, 0.3) is 21.9 Å². The summed E-state index contributed by atoms with van der Waals surface area (Å²) in [7, 11) is -3.31. The van der Waals surface area contributed by atoms with Crippen molar-refractivity contribution in [3.63, 3.8) is 0 Å². The van der Waals surface area contributed by atoms with Crippen molar-refractivity contribution in [1.29, 1.82) is 0 Å². The largest absolute Gasteiger partial charge is 0.356 e. The summed E-state index contributed by atoms with van der Waals surface area (Å²) in [5.74, 6) is -1.95. The Morgan fingerprint density at radius 2 is 2.13 bits per heavy atom. The molecule has 9 heteroatoms. The van der Waals surface area contributed by atoms with Gasteiger partial charge < -0.3 is 4.74 Å². The van der Waals surface area contributed by atoms with Crippen molar-refractivity contribution < 1.29 is 32.1 Å². The molecule has 1 N–H and O–H groups in total. The summed E-state index contributed by atoms with van der Waals surface area (Å²) in [6.45, 7) is -0.365. The molecule has 0 aromatic heterocycles. The minimum atomic E-state index is -4.58. The van der Waals surface area contributed by atoms with E-state index in [0.29, 0.717) is 0 Å². The number of imide groups is 1. The molecule has 0 saturated carbocycles. The lowest BCUT2D eigenvalue weighted by molar-refractivity contribution is -0.212. The summed E-state index contributed by atoms with van der Waals surface area (Å²) in [4.78, 5) is 26.9. The molecular weight excluding hydrogens is 230 g/mol. The summed E-state index contributed by atoms with van der Waals surface area (Å²) >= 11 is 0. The van der Waals surface area contributed by atoms with Gasteiger partial charge in [-0.1, -0.05) is 0 Å². The van der Waals surface area contributed by atoms with Crippen LogP contribution in [0, 0.1) is 0 Å². The number of carbonyl (C=O) groups excluding carboxylic acids is 2. The molecule has 0 aliphatic carbocycles. The van der Waals surface area contributed by atoms with Crippen LogP contribution < -0.4 is 0 Å². The number of nitrogens with zero attached hydrogens (tertiary/aromatic N) is 1. The molecule has 1 heterocycles. The van der Waals surface area contributed by atoms with E-state index in [1.54, 1.807) is 0 Å². The van der Waals surface area contributed by atoms with E-state index in [2.05, 4.69) is 9.57 Å². The third-order valence-electron chi connectivity index (χ3n) is 1.72. The number of hydrogen-bond acceptors (Lipinski definition) is 6. The zero-order valence-corrected chi connectivity index (χ0v) is 8.56. The number of carbonyl (C=O) groups is 2. The number of amides is 2. The Labute approximate surface area is 85.5 Å². The Balaban J connectivity index is 2.80. The molecule has 1 rings (SSSR count). The van der Waals surface area contributed by atoms with Crippen molar-refractivity contribution in [3.05, 3.63) is 0 Å². The maximum absolute atomic E-state index is 11.3. The minimum absolute atomic E-state index is 0.280. The molecule has 0 aromatic carbocycles. The van der Waals surface area contributed by atoms with Gasteiger partial charge in [-0.05, 0) is 0 Å². The molecule has 86 valence electrons. The number of hydrogen-bond donors (Lipinski definition) is 1. The third kappa shape index (κ3) is 2.50. The van der Waals surface area contributed by atoms with Crippen molar-refractivity contribution in [1.82, 2.24) is 5.06 Å². The normalized spacial score (nSPS) is 22.5. The van der Waals surface area contributed by atoms with Crippen LogP contribution in [0.5, 0.6) is 0 Å². The number of ether oxygens (including phenoxy) is 1. The highest BCUT2D eigenvalue weighted by Gasteiger charge is 2.47. The average Bonchev–Trinajstić information content (AvgIpc) is 2.39. The van der Waals surface area contributed by atoms with Gasteiger partial charge in [0.1, 0.15) is 0 Å². The Hall–Kier alpha value is -1.03. The van der Waals surface area contributed by atoms with Crippen molar-refractivity contribution in [2.75, 3.05) is 13.9 Å². The lowest BCUT2D eigenvalue weighted by Crippen LogP contribution is -2.35. The van der Waals surface area contributed by atoms with E-state index >= 15 is 0 Å². The van der Waals surface area contributed by atoms with E-state index in [4.69, 9.17) is 4.55 Å². The van der Waals surface area contributed by atoms with Crippen molar-refractivity contribution in [3.8, 4) is 0 Å². The number of methoxy groups -OCH3 is 1. The van der Waals surface area contributed by atoms with Gasteiger partial charge >= 0.3 is 0 Å². The van der Waals surface area contributed by atoms with Crippen LogP contribution >= 0.6 is 0 Å². The highest BCUT2D eigenvalue weighted by molar-refractivity contribution is 7.87. The Bertz CT molecular complexity index is 375. The molecule has 0 bridgehead atoms. The van der Waals surface area contributed by atoms with Gasteiger partial charge in [-0.15, -0.1) is 5.06 Å². The topological polar surface area (TPSA) is 110 Å². The van der Waals surface area contributed by atoms with Crippen LogP contribution in [0.3, 0.4) is 0 Å². The second-order valence-corrected chi connectivity index (χ2v) is 4.37. The van der Waals surface area contributed by atoms with Crippen molar-refractivity contribution >= 4 is 21.9 Å². The van der Waals surface area contributed by atoms with Crippen LogP contribution in [0.2, 0.25) is 0 Å². The first-order valence-corrected chi connectivity index (χ1v) is 5.33. The van der Waals surface area contributed by atoms with Gasteiger partial charge in [-0.3, -0.25) is 14.1 Å². The van der Waals surface area contributed by atoms with E-state index in [9.17, 15) is 18.0 Å². The standard InChI is InChI=1S/C6H9NO7S/c1-13-3-14-7-5(8)2-4(6(7)9)15(10,11)12/h4H,2-3H2,1H3,(H,10,11,12). The SMILES string of the molecule is COCON1C(=O)CC(S(=O)(=O)O)C1=O. The lowest BCUT2D eigenvalue weighted by Gasteiger charge is -2.12. The van der Waals surface area contributed by atoms with Crippen molar-refractivity contribution in [2.45, 2.75) is 11.7 Å². The maximum Gasteiger partial charge on any atom is 0.277 e. The molecule has 1 aliphatic rings. The van der Waals surface area contributed by atoms with E-state index in [1.165, 1.54) is 7.11 Å². The summed E-state index contributed by atoms with van der Waals surface area (Å²) in [5, 5.41) is -1.50. The minimum Gasteiger partial charge on any atom is -0.356 e. The average molecular weight is 239 g/mol. The molecule has 0 spiro atoms. The monoisotopic (exact) mass is 239 g/mol. The highest BCUT2D eigenvalue weighted by atomic mass is 32.2. The Kier molecular flexibility index (Phi) is 3.39. The lowest BCUT2D eigenvalue weighted by atomic mass is 10.4. The number of hydroxylamine groups is 2. The van der Waals surface area contributed by atoms with Gasteiger partial charge in [-0.25, -0.2) is 4.84 Å². The van der Waals surface area contributed by atoms with Gasteiger partial charge in [0.15, 0.2) is 12.0 Å². The van der Waals surface area contributed by atoms with Crippen LogP contribution in [0.15, 0.2) is 0 Å². The summed E-state index contributed by atoms with van der Waals surface area (Å²) in [5.41, 5.74) is 0. The molecular formula is C6H9NO7S. The second kappa shape index (κ2) is 4.23.